The molecule has 0 spiro atoms. The van der Waals surface area contributed by atoms with E-state index in [-0.39, 0.29) is 11.5 Å². The van der Waals surface area contributed by atoms with Crippen molar-refractivity contribution in [1.82, 2.24) is 14.9 Å². The fraction of sp³-hybridized carbons (Fsp3) is 0.357. The maximum Gasteiger partial charge on any atom is 0.440 e. The summed E-state index contributed by atoms with van der Waals surface area (Å²) in [5.41, 5.74) is -2.58. The van der Waals surface area contributed by atoms with Crippen LogP contribution in [0.2, 0.25) is 0 Å². The number of carbonyl (C=O) groups excluding carboxylic acids is 2. The molecule has 0 saturated heterocycles. The first-order valence-electron chi connectivity index (χ1n) is 6.86. The van der Waals surface area contributed by atoms with Crippen LogP contribution in [0, 0.1) is 5.92 Å². The molecule has 1 aliphatic rings. The average molecular weight is 326 g/mol. The second kappa shape index (κ2) is 4.71. The number of nitrogens with one attached hydrogen (secondary N) is 2. The zero-order valence-corrected chi connectivity index (χ0v) is 12.2. The summed E-state index contributed by atoms with van der Waals surface area (Å²) in [7, 11) is 0. The number of imidazole rings is 1. The molecule has 0 fully saturated rings. The summed E-state index contributed by atoms with van der Waals surface area (Å²) in [6.07, 6.45) is -5.03. The number of hydrogen-bond acceptors (Lipinski definition) is 4. The molecular formula is C14H13F3N4O2. The second-order valence-electron chi connectivity index (χ2n) is 5.58. The molecule has 0 radical (unpaired) electrons. The molecule has 1 amide bonds. The number of nitrogens with zero attached hydrogens (tertiary/aromatic N) is 2. The van der Waals surface area contributed by atoms with Gasteiger partial charge in [-0.05, 0) is 12.1 Å². The number of benzene rings is 1. The van der Waals surface area contributed by atoms with Crippen LogP contribution in [0.5, 0.6) is 0 Å². The Bertz CT molecular complexity index is 812. The Labute approximate surface area is 128 Å². The Morgan fingerprint density at radius 2 is 2.00 bits per heavy atom. The van der Waals surface area contributed by atoms with E-state index in [0.29, 0.717) is 5.52 Å². The van der Waals surface area contributed by atoms with Crippen molar-refractivity contribution < 1.29 is 22.8 Å². The minimum Gasteiger partial charge on any atom is -0.318 e. The van der Waals surface area contributed by atoms with E-state index in [4.69, 9.17) is 0 Å². The Morgan fingerprint density at radius 1 is 1.35 bits per heavy atom. The van der Waals surface area contributed by atoms with Crippen LogP contribution in [0.25, 0.3) is 11.0 Å². The number of aromatic nitrogens is 2. The predicted molar refractivity (Wildman–Crippen MR) is 75.7 cm³/mol. The van der Waals surface area contributed by atoms with E-state index in [1.807, 2.05) is 0 Å². The third-order valence-electron chi connectivity index (χ3n) is 3.64. The van der Waals surface area contributed by atoms with Crippen LogP contribution in [0.4, 0.5) is 19.1 Å². The third kappa shape index (κ3) is 2.07. The number of hydrogen-bond donors (Lipinski definition) is 2. The third-order valence-corrected chi connectivity index (χ3v) is 3.64. The van der Waals surface area contributed by atoms with Gasteiger partial charge in [0, 0.05) is 5.92 Å². The highest BCUT2D eigenvalue weighted by Gasteiger charge is 2.66. The molecule has 1 aromatic carbocycles. The summed E-state index contributed by atoms with van der Waals surface area (Å²) in [6.45, 7) is 2.87. The summed E-state index contributed by atoms with van der Waals surface area (Å²) in [5, 5.41) is 3.85. The number of halogens is 3. The highest BCUT2D eigenvalue weighted by atomic mass is 19.4. The van der Waals surface area contributed by atoms with Gasteiger partial charge < -0.3 is 10.6 Å². The molecule has 3 rings (SSSR count). The van der Waals surface area contributed by atoms with E-state index in [1.54, 1.807) is 23.5 Å². The summed E-state index contributed by atoms with van der Waals surface area (Å²) < 4.78 is 41.6. The van der Waals surface area contributed by atoms with Gasteiger partial charge in [0.1, 0.15) is 0 Å². The van der Waals surface area contributed by atoms with Crippen LogP contribution < -0.4 is 10.6 Å². The smallest absolute Gasteiger partial charge is 0.318 e. The number of carbonyl (C=O) groups is 2. The van der Waals surface area contributed by atoms with Gasteiger partial charge >= 0.3 is 6.18 Å². The van der Waals surface area contributed by atoms with Gasteiger partial charge in [0.2, 0.25) is 11.9 Å². The molecule has 2 N–H and O–H groups in total. The highest BCUT2D eigenvalue weighted by molar-refractivity contribution is 6.06. The van der Waals surface area contributed by atoms with Crippen LogP contribution in [0.1, 0.15) is 18.6 Å². The van der Waals surface area contributed by atoms with E-state index < -0.39 is 29.6 Å². The van der Waals surface area contributed by atoms with Crippen LogP contribution in [-0.2, 0) is 4.79 Å². The molecule has 6 nitrogen and oxygen atoms in total. The number of para-hydroxylation sites is 2. The van der Waals surface area contributed by atoms with Gasteiger partial charge in [0.25, 0.3) is 11.6 Å². The van der Waals surface area contributed by atoms with Crippen molar-refractivity contribution in [3.05, 3.63) is 24.3 Å². The first-order valence-corrected chi connectivity index (χ1v) is 6.86. The quantitative estimate of drug-likeness (QED) is 0.886. The molecule has 1 atom stereocenters. The van der Waals surface area contributed by atoms with E-state index in [0.717, 1.165) is 4.57 Å². The molecule has 1 aliphatic heterocycles. The number of amides is 1. The van der Waals surface area contributed by atoms with Crippen LogP contribution in [0.15, 0.2) is 24.3 Å². The van der Waals surface area contributed by atoms with Gasteiger partial charge in [-0.15, -0.1) is 0 Å². The van der Waals surface area contributed by atoms with Crippen LogP contribution in [-0.4, -0.2) is 33.2 Å². The van der Waals surface area contributed by atoms with E-state index in [9.17, 15) is 22.8 Å². The average Bonchev–Trinajstić information content (AvgIpc) is 2.93. The second-order valence-corrected chi connectivity index (χ2v) is 5.58. The van der Waals surface area contributed by atoms with Gasteiger partial charge in [-0.3, -0.25) is 9.59 Å². The molecule has 0 aliphatic carbocycles. The lowest BCUT2D eigenvalue weighted by Crippen LogP contribution is -2.67. The Kier molecular flexibility index (Phi) is 3.13. The van der Waals surface area contributed by atoms with Crippen molar-refractivity contribution in [2.75, 3.05) is 5.32 Å². The number of alkyl halides is 3. The topological polar surface area (TPSA) is 76.0 Å². The summed E-state index contributed by atoms with van der Waals surface area (Å²) in [6, 6.07) is 6.32. The number of anilines is 1. The molecule has 23 heavy (non-hydrogen) atoms. The zero-order valence-electron chi connectivity index (χ0n) is 12.2. The fourth-order valence-corrected chi connectivity index (χ4v) is 2.38. The predicted octanol–water partition coefficient (Wildman–Crippen LogP) is 2.13. The van der Waals surface area contributed by atoms with Gasteiger partial charge in [-0.1, -0.05) is 26.0 Å². The molecule has 0 bridgehead atoms. The molecule has 1 aromatic heterocycles. The number of fused-ring (bicyclic) bond motifs is 3. The summed E-state index contributed by atoms with van der Waals surface area (Å²) >= 11 is 0. The minimum atomic E-state index is -5.03. The van der Waals surface area contributed by atoms with Crippen molar-refractivity contribution in [3.63, 3.8) is 0 Å². The molecule has 122 valence electrons. The summed E-state index contributed by atoms with van der Waals surface area (Å²) in [5.74, 6) is -3.19. The first kappa shape index (κ1) is 15.3. The lowest BCUT2D eigenvalue weighted by molar-refractivity contribution is -0.176. The Hall–Kier alpha value is -2.58. The van der Waals surface area contributed by atoms with E-state index in [2.05, 4.69) is 10.3 Å². The van der Waals surface area contributed by atoms with Crippen LogP contribution in [0.3, 0.4) is 0 Å². The molecule has 0 saturated carbocycles. The lowest BCUT2D eigenvalue weighted by atomic mass is 10.1. The molecule has 9 heteroatoms. The first-order chi connectivity index (χ1) is 10.7. The van der Waals surface area contributed by atoms with Crippen molar-refractivity contribution in [2.45, 2.75) is 25.7 Å². The minimum absolute atomic E-state index is 0.241. The van der Waals surface area contributed by atoms with E-state index in [1.165, 1.54) is 19.9 Å². The Morgan fingerprint density at radius 3 is 2.61 bits per heavy atom. The largest absolute Gasteiger partial charge is 0.440 e. The standard InChI is InChI=1S/C14H13F3N4O2/c1-7(2)10(22)19-13(14(15,16)17)11(23)21-9-6-4-3-5-8(9)18-12(21)20-13/h3-7H,1-2H3,(H,18,20)(H,19,22)/t13-/m0/s1. The van der Waals surface area contributed by atoms with Crippen molar-refractivity contribution in [2.24, 2.45) is 5.92 Å². The maximum absolute atomic E-state index is 13.6. The zero-order chi connectivity index (χ0) is 17.0. The molecule has 2 heterocycles. The van der Waals surface area contributed by atoms with Gasteiger partial charge in [-0.25, -0.2) is 9.55 Å². The summed E-state index contributed by atoms with van der Waals surface area (Å²) in [4.78, 5) is 28.3. The van der Waals surface area contributed by atoms with Crippen molar-refractivity contribution in [3.8, 4) is 0 Å². The van der Waals surface area contributed by atoms with E-state index >= 15 is 0 Å². The SMILES string of the molecule is CC(C)C(=O)N[C@]1(C(F)(F)F)Nc2nc3ccccc3n2C1=O. The van der Waals surface area contributed by atoms with Gasteiger partial charge in [-0.2, -0.15) is 13.2 Å². The fourth-order valence-electron chi connectivity index (χ4n) is 2.38. The maximum atomic E-state index is 13.6. The van der Waals surface area contributed by atoms with Gasteiger partial charge in [0.15, 0.2) is 0 Å². The van der Waals surface area contributed by atoms with Gasteiger partial charge in [0.05, 0.1) is 11.0 Å². The van der Waals surface area contributed by atoms with Crippen molar-refractivity contribution in [1.29, 1.82) is 0 Å². The lowest BCUT2D eigenvalue weighted by Gasteiger charge is -2.31. The monoisotopic (exact) mass is 326 g/mol. The Balaban J connectivity index is 2.13. The molecule has 2 aromatic rings. The number of rotatable bonds is 2. The van der Waals surface area contributed by atoms with Crippen LogP contribution >= 0.6 is 0 Å². The van der Waals surface area contributed by atoms with Crippen molar-refractivity contribution >= 4 is 28.8 Å². The molecular weight excluding hydrogens is 313 g/mol. The molecule has 0 unspecified atom stereocenters. The highest BCUT2D eigenvalue weighted by Crippen LogP contribution is 2.39. The normalized spacial score (nSPS) is 20.7.